The van der Waals surface area contributed by atoms with Crippen molar-refractivity contribution in [2.75, 3.05) is 24.5 Å². The summed E-state index contributed by atoms with van der Waals surface area (Å²) in [6.45, 7) is 8.66. The summed E-state index contributed by atoms with van der Waals surface area (Å²) < 4.78 is 1.88. The number of piperidine rings is 1. The van der Waals surface area contributed by atoms with E-state index < -0.39 is 5.97 Å². The van der Waals surface area contributed by atoms with Crippen LogP contribution in [-0.2, 0) is 4.79 Å². The zero-order chi connectivity index (χ0) is 24.9. The van der Waals surface area contributed by atoms with Crippen LogP contribution >= 0.6 is 23.2 Å². The molecule has 1 aromatic carbocycles. The number of benzene rings is 1. The van der Waals surface area contributed by atoms with E-state index in [2.05, 4.69) is 16.7 Å². The van der Waals surface area contributed by atoms with Gasteiger partial charge in [0.15, 0.2) is 5.65 Å². The molecule has 0 aliphatic carbocycles. The van der Waals surface area contributed by atoms with Crippen LogP contribution in [0.5, 0.6) is 0 Å². The Hall–Kier alpha value is -2.42. The van der Waals surface area contributed by atoms with E-state index in [0.29, 0.717) is 16.0 Å². The molecule has 2 fully saturated rings. The van der Waals surface area contributed by atoms with Gasteiger partial charge in [0.1, 0.15) is 17.4 Å². The summed E-state index contributed by atoms with van der Waals surface area (Å²) in [6, 6.07) is 5.26. The van der Waals surface area contributed by atoms with Gasteiger partial charge in [-0.3, -0.25) is 9.69 Å². The topological polar surface area (TPSA) is 87.4 Å². The average Bonchev–Trinajstić information content (AvgIpc) is 3.43. The van der Waals surface area contributed by atoms with Crippen molar-refractivity contribution >= 4 is 46.2 Å². The van der Waals surface area contributed by atoms with Gasteiger partial charge in [0.2, 0.25) is 0 Å². The first kappa shape index (κ1) is 24.3. The SMILES string of the molecule is Cc1nn(C(C)c2ccc(Cl)cc2Cl)c2nc(N3CCC(N4CCC[C@H]4C(=O)O)[C@H](C)C3)cnc12. The van der Waals surface area contributed by atoms with Gasteiger partial charge in [0.25, 0.3) is 0 Å². The second kappa shape index (κ2) is 9.56. The summed E-state index contributed by atoms with van der Waals surface area (Å²) in [5.74, 6) is 0.432. The number of aryl methyl sites for hydroxylation is 1. The minimum atomic E-state index is -0.702. The molecular weight excluding hydrogens is 487 g/mol. The molecule has 2 aliphatic rings. The molecule has 2 saturated heterocycles. The van der Waals surface area contributed by atoms with Gasteiger partial charge in [-0.25, -0.2) is 14.6 Å². The number of carboxylic acid groups (broad SMARTS) is 1. The smallest absolute Gasteiger partial charge is 0.320 e. The first-order chi connectivity index (χ1) is 16.7. The summed E-state index contributed by atoms with van der Waals surface area (Å²) in [7, 11) is 0. The Labute approximate surface area is 214 Å². The van der Waals surface area contributed by atoms with Crippen LogP contribution in [0, 0.1) is 12.8 Å². The van der Waals surface area contributed by atoms with Gasteiger partial charge in [-0.2, -0.15) is 5.10 Å². The van der Waals surface area contributed by atoms with Crippen molar-refractivity contribution in [2.24, 2.45) is 5.92 Å². The second-order valence-corrected chi connectivity index (χ2v) is 10.6. The predicted octanol–water partition coefficient (Wildman–Crippen LogP) is 4.81. The third kappa shape index (κ3) is 4.47. The van der Waals surface area contributed by atoms with Crippen LogP contribution in [0.3, 0.4) is 0 Å². The third-order valence-corrected chi connectivity index (χ3v) is 8.09. The number of carboxylic acids is 1. The highest BCUT2D eigenvalue weighted by Crippen LogP contribution is 2.33. The predicted molar refractivity (Wildman–Crippen MR) is 137 cm³/mol. The molecule has 0 saturated carbocycles. The molecule has 10 heteroatoms. The fourth-order valence-corrected chi connectivity index (χ4v) is 6.29. The van der Waals surface area contributed by atoms with Crippen LogP contribution in [0.25, 0.3) is 11.2 Å². The number of carbonyl (C=O) groups is 1. The Bertz CT molecular complexity index is 1260. The molecule has 3 aromatic rings. The normalized spacial score (nSPS) is 24.3. The number of halogens is 2. The van der Waals surface area contributed by atoms with Crippen molar-refractivity contribution in [1.29, 1.82) is 0 Å². The Balaban J connectivity index is 1.41. The molecule has 35 heavy (non-hydrogen) atoms. The van der Waals surface area contributed by atoms with Crippen molar-refractivity contribution in [3.05, 3.63) is 45.7 Å². The molecule has 0 spiro atoms. The molecule has 0 bridgehead atoms. The van der Waals surface area contributed by atoms with Crippen LogP contribution < -0.4 is 4.90 Å². The number of fused-ring (bicyclic) bond motifs is 1. The Morgan fingerprint density at radius 3 is 2.74 bits per heavy atom. The van der Waals surface area contributed by atoms with Crippen LogP contribution in [0.15, 0.2) is 24.4 Å². The zero-order valence-electron chi connectivity index (χ0n) is 20.2. The molecule has 5 rings (SSSR count). The first-order valence-corrected chi connectivity index (χ1v) is 12.9. The number of anilines is 1. The summed E-state index contributed by atoms with van der Waals surface area (Å²) >= 11 is 12.6. The van der Waals surface area contributed by atoms with E-state index >= 15 is 0 Å². The number of aliphatic carboxylic acids is 1. The maximum Gasteiger partial charge on any atom is 0.320 e. The molecule has 2 aromatic heterocycles. The molecule has 4 atom stereocenters. The standard InChI is InChI=1S/C25H30Cl2N6O2/c1-14-13-31(10-8-20(14)32-9-4-5-21(32)25(34)35)22-12-28-23-15(2)30-33(24(23)29-22)16(3)18-7-6-17(26)11-19(18)27/h6-7,11-12,14,16,20-21H,4-5,8-10,13H2,1-3H3,(H,34,35)/t14-,16?,20?,21+/m1/s1. The fourth-order valence-electron chi connectivity index (χ4n) is 5.72. The highest BCUT2D eigenvalue weighted by atomic mass is 35.5. The number of nitrogens with zero attached hydrogens (tertiary/aromatic N) is 6. The van der Waals surface area contributed by atoms with Gasteiger partial charge in [0.05, 0.1) is 17.9 Å². The largest absolute Gasteiger partial charge is 0.480 e. The highest BCUT2D eigenvalue weighted by molar-refractivity contribution is 6.35. The number of hydrogen-bond donors (Lipinski definition) is 1. The van der Waals surface area contributed by atoms with E-state index in [4.69, 9.17) is 38.3 Å². The van der Waals surface area contributed by atoms with Gasteiger partial charge in [-0.05, 0) is 63.3 Å². The zero-order valence-corrected chi connectivity index (χ0v) is 21.7. The monoisotopic (exact) mass is 516 g/mol. The van der Waals surface area contributed by atoms with E-state index in [1.165, 1.54) is 0 Å². The molecule has 186 valence electrons. The molecule has 2 unspecified atom stereocenters. The van der Waals surface area contributed by atoms with Gasteiger partial charge in [-0.1, -0.05) is 36.2 Å². The second-order valence-electron chi connectivity index (χ2n) is 9.79. The summed E-state index contributed by atoms with van der Waals surface area (Å²) in [5.41, 5.74) is 3.23. The molecule has 0 amide bonds. The maximum atomic E-state index is 11.7. The lowest BCUT2D eigenvalue weighted by atomic mass is 9.91. The van der Waals surface area contributed by atoms with E-state index in [0.717, 1.165) is 67.1 Å². The van der Waals surface area contributed by atoms with Gasteiger partial charge in [-0.15, -0.1) is 0 Å². The molecule has 0 radical (unpaired) electrons. The van der Waals surface area contributed by atoms with Crippen molar-refractivity contribution in [3.8, 4) is 0 Å². The number of likely N-dealkylation sites (tertiary alicyclic amines) is 1. The lowest BCUT2D eigenvalue weighted by molar-refractivity contribution is -0.143. The summed E-state index contributed by atoms with van der Waals surface area (Å²) in [5, 5.41) is 15.5. The average molecular weight is 517 g/mol. The quantitative estimate of drug-likeness (QED) is 0.520. The van der Waals surface area contributed by atoms with Crippen molar-refractivity contribution in [3.63, 3.8) is 0 Å². The Kier molecular flexibility index (Phi) is 6.63. The lowest BCUT2D eigenvalue weighted by Crippen LogP contribution is -2.53. The molecule has 1 N–H and O–H groups in total. The number of rotatable bonds is 5. The van der Waals surface area contributed by atoms with Crippen molar-refractivity contribution in [1.82, 2.24) is 24.6 Å². The van der Waals surface area contributed by atoms with E-state index in [9.17, 15) is 9.90 Å². The molecule has 4 heterocycles. The van der Waals surface area contributed by atoms with E-state index in [1.54, 1.807) is 6.07 Å². The van der Waals surface area contributed by atoms with Crippen LogP contribution in [0.2, 0.25) is 10.0 Å². The lowest BCUT2D eigenvalue weighted by Gasteiger charge is -2.43. The molecule has 8 nitrogen and oxygen atoms in total. The van der Waals surface area contributed by atoms with Gasteiger partial charge in [0, 0.05) is 29.2 Å². The minimum absolute atomic E-state index is 0.145. The van der Waals surface area contributed by atoms with Crippen molar-refractivity contribution < 1.29 is 9.90 Å². The third-order valence-electron chi connectivity index (χ3n) is 7.53. The number of aromatic nitrogens is 4. The molecular formula is C25H30Cl2N6O2. The Morgan fingerprint density at radius 1 is 1.23 bits per heavy atom. The molecule has 2 aliphatic heterocycles. The van der Waals surface area contributed by atoms with Crippen LogP contribution in [0.4, 0.5) is 5.82 Å². The summed E-state index contributed by atoms with van der Waals surface area (Å²) in [6.07, 6.45) is 4.42. The van der Waals surface area contributed by atoms with Crippen LogP contribution in [-0.4, -0.2) is 67.4 Å². The van der Waals surface area contributed by atoms with Crippen LogP contribution in [0.1, 0.15) is 50.4 Å². The Morgan fingerprint density at radius 2 is 2.03 bits per heavy atom. The van der Waals surface area contributed by atoms with Gasteiger partial charge >= 0.3 is 5.97 Å². The van der Waals surface area contributed by atoms with Gasteiger partial charge < -0.3 is 10.0 Å². The fraction of sp³-hybridized carbons (Fsp3) is 0.520. The summed E-state index contributed by atoms with van der Waals surface area (Å²) in [4.78, 5) is 25.9. The van der Waals surface area contributed by atoms with E-state index in [1.807, 2.05) is 36.9 Å². The minimum Gasteiger partial charge on any atom is -0.480 e. The first-order valence-electron chi connectivity index (χ1n) is 12.1. The number of hydrogen-bond acceptors (Lipinski definition) is 6. The van der Waals surface area contributed by atoms with Crippen molar-refractivity contribution in [2.45, 2.75) is 58.2 Å². The highest BCUT2D eigenvalue weighted by Gasteiger charge is 2.40. The maximum absolute atomic E-state index is 11.7. The van der Waals surface area contributed by atoms with E-state index in [-0.39, 0.29) is 18.1 Å².